The van der Waals surface area contributed by atoms with Crippen LogP contribution in [0.5, 0.6) is 0 Å². The fourth-order valence-electron chi connectivity index (χ4n) is 2.23. The van der Waals surface area contributed by atoms with Crippen molar-refractivity contribution in [1.29, 1.82) is 0 Å². The number of aliphatic hydroxyl groups excluding tert-OH is 1. The van der Waals surface area contributed by atoms with Gasteiger partial charge in [0.2, 0.25) is 0 Å². The summed E-state index contributed by atoms with van der Waals surface area (Å²) in [6.07, 6.45) is 3.11. The van der Waals surface area contributed by atoms with Crippen LogP contribution in [0.1, 0.15) is 58.6 Å². The average molecular weight is 249 g/mol. The van der Waals surface area contributed by atoms with E-state index in [1.807, 2.05) is 19.1 Å². The van der Waals surface area contributed by atoms with Gasteiger partial charge in [-0.2, -0.15) is 0 Å². The van der Waals surface area contributed by atoms with E-state index in [2.05, 4.69) is 37.8 Å². The normalized spacial score (nSPS) is 14.3. The number of benzene rings is 1. The molecule has 0 bridgehead atoms. The second-order valence-electron chi connectivity index (χ2n) is 5.04. The molecule has 0 aromatic heterocycles. The third-order valence-corrected chi connectivity index (χ3v) is 3.57. The summed E-state index contributed by atoms with van der Waals surface area (Å²) in [5, 5.41) is 9.91. The quantitative estimate of drug-likeness (QED) is 0.785. The monoisotopic (exact) mass is 249 g/mol. The fourth-order valence-corrected chi connectivity index (χ4v) is 2.23. The number of para-hydroxylation sites is 1. The number of unbranched alkanes of at least 4 members (excludes halogenated alkanes) is 1. The third kappa shape index (κ3) is 3.74. The summed E-state index contributed by atoms with van der Waals surface area (Å²) in [5.74, 6) is 0. The fraction of sp³-hybridized carbons (Fsp3) is 0.625. The zero-order valence-electron chi connectivity index (χ0n) is 12.2. The number of hydrogen-bond donors (Lipinski definition) is 1. The molecule has 102 valence electrons. The van der Waals surface area contributed by atoms with Crippen molar-refractivity contribution in [2.24, 2.45) is 0 Å². The zero-order valence-corrected chi connectivity index (χ0v) is 12.2. The molecule has 1 unspecified atom stereocenters. The van der Waals surface area contributed by atoms with Gasteiger partial charge in [-0.3, -0.25) is 0 Å². The van der Waals surface area contributed by atoms with E-state index in [-0.39, 0.29) is 0 Å². The van der Waals surface area contributed by atoms with Gasteiger partial charge in [-0.25, -0.2) is 0 Å². The second-order valence-corrected chi connectivity index (χ2v) is 5.04. The van der Waals surface area contributed by atoms with Crippen molar-refractivity contribution in [3.05, 3.63) is 29.8 Å². The zero-order chi connectivity index (χ0) is 13.5. The largest absolute Gasteiger partial charge is 0.389 e. The molecule has 1 N–H and O–H groups in total. The lowest BCUT2D eigenvalue weighted by atomic mass is 10.0. The Labute approximate surface area is 112 Å². The summed E-state index contributed by atoms with van der Waals surface area (Å²) < 4.78 is 0. The van der Waals surface area contributed by atoms with Crippen LogP contribution in [0.15, 0.2) is 24.3 Å². The van der Waals surface area contributed by atoms with Crippen LogP contribution < -0.4 is 4.90 Å². The van der Waals surface area contributed by atoms with Crippen molar-refractivity contribution in [3.63, 3.8) is 0 Å². The molecule has 0 heterocycles. The number of hydrogen-bond acceptors (Lipinski definition) is 2. The molecule has 18 heavy (non-hydrogen) atoms. The Balaban J connectivity index is 3.03. The minimum Gasteiger partial charge on any atom is -0.389 e. The van der Waals surface area contributed by atoms with Gasteiger partial charge >= 0.3 is 0 Å². The van der Waals surface area contributed by atoms with Crippen molar-refractivity contribution >= 4 is 5.69 Å². The first-order valence-corrected chi connectivity index (χ1v) is 7.15. The molecule has 0 radical (unpaired) electrons. The molecule has 0 saturated carbocycles. The maximum atomic E-state index is 9.91. The number of nitrogens with zero attached hydrogens (tertiary/aromatic N) is 1. The molecule has 0 aliphatic rings. The van der Waals surface area contributed by atoms with E-state index in [9.17, 15) is 5.11 Å². The lowest BCUT2D eigenvalue weighted by molar-refractivity contribution is 0.199. The summed E-state index contributed by atoms with van der Waals surface area (Å²) in [6.45, 7) is 9.60. The van der Waals surface area contributed by atoms with Gasteiger partial charge in [-0.1, -0.05) is 38.5 Å². The minimum absolute atomic E-state index is 0.408. The molecule has 2 atom stereocenters. The van der Waals surface area contributed by atoms with Crippen LogP contribution in [-0.2, 0) is 0 Å². The second kappa shape index (κ2) is 7.42. The predicted octanol–water partition coefficient (Wildman–Crippen LogP) is 4.14. The molecule has 0 aliphatic carbocycles. The number of anilines is 1. The van der Waals surface area contributed by atoms with Gasteiger partial charge in [-0.05, 0) is 32.8 Å². The highest BCUT2D eigenvalue weighted by atomic mass is 16.3. The van der Waals surface area contributed by atoms with Crippen LogP contribution in [-0.4, -0.2) is 17.7 Å². The third-order valence-electron chi connectivity index (χ3n) is 3.57. The highest BCUT2D eigenvalue weighted by Gasteiger charge is 2.17. The summed E-state index contributed by atoms with van der Waals surface area (Å²) >= 11 is 0. The molecule has 0 fully saturated rings. The van der Waals surface area contributed by atoms with E-state index >= 15 is 0 Å². The summed E-state index contributed by atoms with van der Waals surface area (Å²) in [5.41, 5.74) is 2.23. The van der Waals surface area contributed by atoms with E-state index in [0.717, 1.165) is 18.5 Å². The van der Waals surface area contributed by atoms with Crippen molar-refractivity contribution in [2.45, 2.75) is 59.1 Å². The molecule has 1 rings (SSSR count). The van der Waals surface area contributed by atoms with Gasteiger partial charge in [-0.15, -0.1) is 0 Å². The van der Waals surface area contributed by atoms with Gasteiger partial charge in [0.1, 0.15) is 0 Å². The molecule has 0 saturated heterocycles. The van der Waals surface area contributed by atoms with Crippen LogP contribution in [0, 0.1) is 0 Å². The molecule has 0 spiro atoms. The topological polar surface area (TPSA) is 23.5 Å². The van der Waals surface area contributed by atoms with Crippen LogP contribution in [0.3, 0.4) is 0 Å². The van der Waals surface area contributed by atoms with Crippen LogP contribution >= 0.6 is 0 Å². The molecular formula is C16H27NO. The Morgan fingerprint density at radius 3 is 2.39 bits per heavy atom. The number of aliphatic hydroxyl groups is 1. The highest BCUT2D eigenvalue weighted by Crippen LogP contribution is 2.28. The van der Waals surface area contributed by atoms with Gasteiger partial charge in [0.15, 0.2) is 0 Å². The summed E-state index contributed by atoms with van der Waals surface area (Å²) in [7, 11) is 0. The Bertz CT molecular complexity index is 349. The van der Waals surface area contributed by atoms with E-state index in [1.54, 1.807) is 0 Å². The summed E-state index contributed by atoms with van der Waals surface area (Å²) in [4.78, 5) is 2.44. The van der Waals surface area contributed by atoms with E-state index < -0.39 is 6.10 Å². The van der Waals surface area contributed by atoms with E-state index in [0.29, 0.717) is 6.04 Å². The van der Waals surface area contributed by atoms with Crippen molar-refractivity contribution in [3.8, 4) is 0 Å². The van der Waals surface area contributed by atoms with Crippen LogP contribution in [0.4, 0.5) is 5.69 Å². The highest BCUT2D eigenvalue weighted by molar-refractivity contribution is 5.55. The molecule has 1 aromatic rings. The SMILES string of the molecule is CCCCN(c1ccccc1[C@H](C)O)C(C)CC. The maximum Gasteiger partial charge on any atom is 0.0781 e. The summed E-state index contributed by atoms with van der Waals surface area (Å²) in [6, 6.07) is 8.73. The standard InChI is InChI=1S/C16H27NO/c1-5-7-12-17(13(3)6-2)16-11-9-8-10-15(16)14(4)18/h8-11,13-14,18H,5-7,12H2,1-4H3/t13?,14-/m0/s1. The molecule has 1 aromatic carbocycles. The van der Waals surface area contributed by atoms with Gasteiger partial charge < -0.3 is 10.0 Å². The van der Waals surface area contributed by atoms with Crippen molar-refractivity contribution < 1.29 is 5.11 Å². The lowest BCUT2D eigenvalue weighted by Gasteiger charge is -2.33. The maximum absolute atomic E-state index is 9.91. The van der Waals surface area contributed by atoms with E-state index in [1.165, 1.54) is 18.5 Å². The van der Waals surface area contributed by atoms with Crippen molar-refractivity contribution in [2.75, 3.05) is 11.4 Å². The van der Waals surface area contributed by atoms with Gasteiger partial charge in [0, 0.05) is 23.8 Å². The predicted molar refractivity (Wildman–Crippen MR) is 79.1 cm³/mol. The Hall–Kier alpha value is -1.02. The lowest BCUT2D eigenvalue weighted by Crippen LogP contribution is -2.34. The van der Waals surface area contributed by atoms with Crippen molar-refractivity contribution in [1.82, 2.24) is 0 Å². The number of rotatable bonds is 7. The van der Waals surface area contributed by atoms with Gasteiger partial charge in [0.05, 0.1) is 6.10 Å². The Morgan fingerprint density at radius 2 is 1.83 bits per heavy atom. The Morgan fingerprint density at radius 1 is 1.17 bits per heavy atom. The van der Waals surface area contributed by atoms with E-state index in [4.69, 9.17) is 0 Å². The van der Waals surface area contributed by atoms with Gasteiger partial charge in [0.25, 0.3) is 0 Å². The first kappa shape index (κ1) is 15.0. The first-order valence-electron chi connectivity index (χ1n) is 7.15. The smallest absolute Gasteiger partial charge is 0.0781 e. The molecule has 0 aliphatic heterocycles. The van der Waals surface area contributed by atoms with Crippen LogP contribution in [0.25, 0.3) is 0 Å². The molecule has 2 heteroatoms. The minimum atomic E-state index is -0.408. The average Bonchev–Trinajstić information content (AvgIpc) is 2.39. The molecular weight excluding hydrogens is 222 g/mol. The Kier molecular flexibility index (Phi) is 6.20. The van der Waals surface area contributed by atoms with Crippen LogP contribution in [0.2, 0.25) is 0 Å². The molecule has 2 nitrogen and oxygen atoms in total. The molecule has 0 amide bonds. The first-order chi connectivity index (χ1) is 8.61.